The predicted octanol–water partition coefficient (Wildman–Crippen LogP) is 2.20. The zero-order valence-electron chi connectivity index (χ0n) is 10.5. The van der Waals surface area contributed by atoms with Gasteiger partial charge >= 0.3 is 0 Å². The summed E-state index contributed by atoms with van der Waals surface area (Å²) in [7, 11) is 0. The lowest BCUT2D eigenvalue weighted by Gasteiger charge is -2.14. The maximum atomic E-state index is 9.63. The number of aliphatic hydroxyl groups is 1. The van der Waals surface area contributed by atoms with Gasteiger partial charge in [-0.05, 0) is 50.3 Å². The van der Waals surface area contributed by atoms with Gasteiger partial charge in [0.15, 0.2) is 0 Å². The van der Waals surface area contributed by atoms with E-state index in [0.29, 0.717) is 0 Å². The highest BCUT2D eigenvalue weighted by Gasteiger charge is 2.16. The minimum Gasteiger partial charge on any atom is -0.389 e. The van der Waals surface area contributed by atoms with Crippen LogP contribution in [-0.4, -0.2) is 19.6 Å². The normalized spacial score (nSPS) is 16.3. The van der Waals surface area contributed by atoms with Gasteiger partial charge in [-0.25, -0.2) is 9.97 Å². The first-order chi connectivity index (χ1) is 8.75. The molecule has 2 heterocycles. The van der Waals surface area contributed by atoms with Crippen LogP contribution in [0.2, 0.25) is 0 Å². The number of hydrogen-bond donors (Lipinski definition) is 1. The molecule has 1 atom stereocenters. The van der Waals surface area contributed by atoms with Crippen LogP contribution < -0.4 is 0 Å². The van der Waals surface area contributed by atoms with Crippen LogP contribution in [0.1, 0.15) is 42.8 Å². The van der Waals surface area contributed by atoms with Gasteiger partial charge in [0.05, 0.1) is 11.8 Å². The largest absolute Gasteiger partial charge is 0.389 e. The Balaban J connectivity index is 2.04. The second-order valence-electron chi connectivity index (χ2n) is 4.84. The molecule has 0 spiro atoms. The van der Waals surface area contributed by atoms with Crippen molar-refractivity contribution in [2.75, 3.05) is 0 Å². The summed E-state index contributed by atoms with van der Waals surface area (Å²) in [6.45, 7) is 1.77. The van der Waals surface area contributed by atoms with Crippen molar-refractivity contribution in [1.29, 1.82) is 0 Å². The Morgan fingerprint density at radius 2 is 2.11 bits per heavy atom. The summed E-state index contributed by atoms with van der Waals surface area (Å²) in [4.78, 5) is 8.85. The van der Waals surface area contributed by atoms with Crippen LogP contribution in [0, 0.1) is 0 Å². The minimum absolute atomic E-state index is 0.467. The van der Waals surface area contributed by atoms with Crippen LogP contribution in [0.25, 0.3) is 5.82 Å². The molecule has 4 heteroatoms. The van der Waals surface area contributed by atoms with Gasteiger partial charge in [-0.1, -0.05) is 0 Å². The molecular formula is C14H17N3O. The lowest BCUT2D eigenvalue weighted by atomic mass is 10.0. The van der Waals surface area contributed by atoms with E-state index >= 15 is 0 Å². The average molecular weight is 243 g/mol. The fraction of sp³-hybridized carbons (Fsp3) is 0.429. The van der Waals surface area contributed by atoms with Gasteiger partial charge in [0.1, 0.15) is 12.1 Å². The van der Waals surface area contributed by atoms with Crippen molar-refractivity contribution in [2.45, 2.75) is 38.7 Å². The van der Waals surface area contributed by atoms with Crippen molar-refractivity contribution in [2.24, 2.45) is 0 Å². The third-order valence-corrected chi connectivity index (χ3v) is 3.53. The Hall–Kier alpha value is -1.68. The standard InChI is InChI=1S/C14H17N3O/c1-10(18)11-6-7-15-14(8-11)17-9-16-12-4-2-3-5-13(12)17/h6-10,18H,2-5H2,1H3. The van der Waals surface area contributed by atoms with E-state index in [-0.39, 0.29) is 0 Å². The second kappa shape index (κ2) is 4.53. The molecule has 18 heavy (non-hydrogen) atoms. The molecule has 0 aromatic carbocycles. The number of fused-ring (bicyclic) bond motifs is 1. The third-order valence-electron chi connectivity index (χ3n) is 3.53. The van der Waals surface area contributed by atoms with Crippen molar-refractivity contribution in [3.63, 3.8) is 0 Å². The van der Waals surface area contributed by atoms with Crippen molar-refractivity contribution in [1.82, 2.24) is 14.5 Å². The van der Waals surface area contributed by atoms with E-state index in [1.807, 2.05) is 18.5 Å². The molecule has 4 nitrogen and oxygen atoms in total. The SMILES string of the molecule is CC(O)c1ccnc(-n2cnc3c2CCCC3)c1. The van der Waals surface area contributed by atoms with E-state index < -0.39 is 6.10 Å². The molecule has 0 aliphatic heterocycles. The Labute approximate surface area is 106 Å². The first-order valence-electron chi connectivity index (χ1n) is 6.45. The van der Waals surface area contributed by atoms with Crippen molar-refractivity contribution in [3.8, 4) is 5.82 Å². The number of aromatic nitrogens is 3. The fourth-order valence-electron chi connectivity index (χ4n) is 2.49. The molecule has 1 aliphatic carbocycles. The molecule has 1 unspecified atom stereocenters. The quantitative estimate of drug-likeness (QED) is 0.879. The van der Waals surface area contributed by atoms with E-state index in [0.717, 1.165) is 24.2 Å². The highest BCUT2D eigenvalue weighted by atomic mass is 16.3. The third kappa shape index (κ3) is 1.93. The van der Waals surface area contributed by atoms with Gasteiger partial charge in [-0.3, -0.25) is 4.57 Å². The van der Waals surface area contributed by atoms with Gasteiger partial charge in [0, 0.05) is 11.9 Å². The monoisotopic (exact) mass is 243 g/mol. The molecule has 94 valence electrons. The van der Waals surface area contributed by atoms with E-state index in [9.17, 15) is 5.11 Å². The molecule has 1 aliphatic rings. The smallest absolute Gasteiger partial charge is 0.138 e. The molecule has 2 aromatic rings. The molecule has 0 radical (unpaired) electrons. The Morgan fingerprint density at radius 3 is 2.94 bits per heavy atom. The van der Waals surface area contributed by atoms with E-state index in [1.54, 1.807) is 13.1 Å². The van der Waals surface area contributed by atoms with E-state index in [4.69, 9.17) is 0 Å². The molecule has 0 amide bonds. The van der Waals surface area contributed by atoms with Gasteiger partial charge in [-0.2, -0.15) is 0 Å². The van der Waals surface area contributed by atoms with Gasteiger partial charge in [0.25, 0.3) is 0 Å². The highest BCUT2D eigenvalue weighted by Crippen LogP contribution is 2.23. The summed E-state index contributed by atoms with van der Waals surface area (Å²) in [5, 5.41) is 9.63. The Kier molecular flexibility index (Phi) is 2.88. The topological polar surface area (TPSA) is 50.9 Å². The molecule has 0 saturated heterocycles. The highest BCUT2D eigenvalue weighted by molar-refractivity contribution is 5.33. The lowest BCUT2D eigenvalue weighted by molar-refractivity contribution is 0.199. The van der Waals surface area contributed by atoms with Crippen LogP contribution in [0.15, 0.2) is 24.7 Å². The summed E-state index contributed by atoms with van der Waals surface area (Å²) < 4.78 is 2.06. The predicted molar refractivity (Wildman–Crippen MR) is 68.6 cm³/mol. The maximum absolute atomic E-state index is 9.63. The molecule has 3 rings (SSSR count). The summed E-state index contributed by atoms with van der Waals surface area (Å²) in [6.07, 6.45) is 7.71. The number of nitrogens with zero attached hydrogens (tertiary/aromatic N) is 3. The van der Waals surface area contributed by atoms with Crippen LogP contribution in [0.3, 0.4) is 0 Å². The second-order valence-corrected chi connectivity index (χ2v) is 4.84. The zero-order chi connectivity index (χ0) is 12.5. The van der Waals surface area contributed by atoms with Crippen LogP contribution in [0.5, 0.6) is 0 Å². The van der Waals surface area contributed by atoms with Crippen molar-refractivity contribution < 1.29 is 5.11 Å². The molecule has 1 N–H and O–H groups in total. The van der Waals surface area contributed by atoms with Crippen LogP contribution in [-0.2, 0) is 12.8 Å². The van der Waals surface area contributed by atoms with Crippen molar-refractivity contribution in [3.05, 3.63) is 41.6 Å². The summed E-state index contributed by atoms with van der Waals surface area (Å²) in [5.41, 5.74) is 3.36. The van der Waals surface area contributed by atoms with Gasteiger partial charge < -0.3 is 5.11 Å². The number of hydrogen-bond acceptors (Lipinski definition) is 3. The molecule has 2 aromatic heterocycles. The molecular weight excluding hydrogens is 226 g/mol. The summed E-state index contributed by atoms with van der Waals surface area (Å²) >= 11 is 0. The molecule has 0 saturated carbocycles. The van der Waals surface area contributed by atoms with E-state index in [2.05, 4.69) is 14.5 Å². The number of pyridine rings is 1. The van der Waals surface area contributed by atoms with E-state index in [1.165, 1.54) is 24.2 Å². The maximum Gasteiger partial charge on any atom is 0.138 e. The van der Waals surface area contributed by atoms with Gasteiger partial charge in [0.2, 0.25) is 0 Å². The number of aryl methyl sites for hydroxylation is 1. The number of aliphatic hydroxyl groups excluding tert-OH is 1. The first kappa shape index (κ1) is 11.4. The van der Waals surface area contributed by atoms with Crippen LogP contribution in [0.4, 0.5) is 0 Å². The summed E-state index contributed by atoms with van der Waals surface area (Å²) in [5.74, 6) is 0.851. The minimum atomic E-state index is -0.467. The van der Waals surface area contributed by atoms with Crippen LogP contribution >= 0.6 is 0 Å². The first-order valence-corrected chi connectivity index (χ1v) is 6.45. The lowest BCUT2D eigenvalue weighted by Crippen LogP contribution is -2.08. The van der Waals surface area contributed by atoms with Crippen molar-refractivity contribution >= 4 is 0 Å². The Morgan fingerprint density at radius 1 is 1.28 bits per heavy atom. The zero-order valence-corrected chi connectivity index (χ0v) is 10.5. The van der Waals surface area contributed by atoms with Gasteiger partial charge in [-0.15, -0.1) is 0 Å². The molecule has 0 fully saturated rings. The number of rotatable bonds is 2. The Bertz CT molecular complexity index is 560. The number of imidazole rings is 1. The fourth-order valence-corrected chi connectivity index (χ4v) is 2.49. The molecule has 0 bridgehead atoms. The average Bonchev–Trinajstić information content (AvgIpc) is 2.82. The summed E-state index contributed by atoms with van der Waals surface area (Å²) in [6, 6.07) is 3.78.